The normalized spacial score (nSPS) is 7.89. The van der Waals surface area contributed by atoms with Gasteiger partial charge >= 0.3 is 0 Å². The van der Waals surface area contributed by atoms with Crippen molar-refractivity contribution in [2.75, 3.05) is 0 Å². The van der Waals surface area contributed by atoms with Gasteiger partial charge in [0.1, 0.15) is 0 Å². The van der Waals surface area contributed by atoms with Crippen LogP contribution in [-0.4, -0.2) is 12.2 Å². The highest BCUT2D eigenvalue weighted by Crippen LogP contribution is 2.24. The second-order valence-electron chi connectivity index (χ2n) is 3.95. The van der Waals surface area contributed by atoms with Crippen LogP contribution in [0.25, 0.3) is 0 Å². The van der Waals surface area contributed by atoms with E-state index in [2.05, 4.69) is 41.5 Å². The molecule has 0 spiro atoms. The molecule has 0 unspecified atom stereocenters. The van der Waals surface area contributed by atoms with Crippen molar-refractivity contribution in [2.24, 2.45) is 0 Å². The van der Waals surface area contributed by atoms with Crippen molar-refractivity contribution in [1.82, 2.24) is 0 Å². The van der Waals surface area contributed by atoms with Gasteiger partial charge in [-0.3, -0.25) is 0 Å². The summed E-state index contributed by atoms with van der Waals surface area (Å²) in [5, 5.41) is 10.8. The monoisotopic (exact) mass is 250 g/mol. The molecule has 0 heterocycles. The van der Waals surface area contributed by atoms with E-state index in [1.54, 1.807) is 0 Å². The summed E-state index contributed by atoms with van der Waals surface area (Å²) in [4.78, 5) is 16.7. The fourth-order valence-electron chi connectivity index (χ4n) is 1.69. The van der Waals surface area contributed by atoms with E-state index in [4.69, 9.17) is 20.4 Å². The van der Waals surface area contributed by atoms with Gasteiger partial charge in [0.25, 0.3) is 0 Å². The molecule has 18 heavy (non-hydrogen) atoms. The summed E-state index contributed by atoms with van der Waals surface area (Å²) in [6.07, 6.45) is 1.50. The highest BCUT2D eigenvalue weighted by molar-refractivity contribution is 5.48. The molecule has 1 aromatic carbocycles. The van der Waals surface area contributed by atoms with Gasteiger partial charge in [0.05, 0.1) is 0 Å². The second-order valence-corrected chi connectivity index (χ2v) is 3.95. The molecule has 0 saturated carbocycles. The Morgan fingerprint density at radius 1 is 0.611 bits per heavy atom. The molecule has 1 rings (SSSR count). The maximum Gasteiger partial charge on any atom is 0.231 e. The molecule has 4 heteroatoms. The smallest absolute Gasteiger partial charge is 0.222 e. The zero-order valence-corrected chi connectivity index (χ0v) is 11.8. The summed E-state index contributed by atoms with van der Waals surface area (Å²) >= 11 is 0. The van der Waals surface area contributed by atoms with Gasteiger partial charge in [-0.15, -0.1) is 0 Å². The van der Waals surface area contributed by atoms with Gasteiger partial charge in [-0.25, -0.2) is 20.4 Å². The first-order valence-corrected chi connectivity index (χ1v) is 5.41. The van der Waals surface area contributed by atoms with Crippen LogP contribution in [0.2, 0.25) is 0 Å². The van der Waals surface area contributed by atoms with E-state index < -0.39 is 0 Å². The Balaban J connectivity index is -0.000000314. The first kappa shape index (κ1) is 18.3. The van der Waals surface area contributed by atoms with Crippen LogP contribution >= 0.6 is 0 Å². The molecule has 0 radical (unpaired) electrons. The number of carbonyl (C=O) groups excluding carboxylic acids is 2. The Morgan fingerprint density at radius 2 is 0.667 bits per heavy atom. The summed E-state index contributed by atoms with van der Waals surface area (Å²) in [6.45, 7) is 13.3. The first-order valence-electron chi connectivity index (χ1n) is 5.41. The van der Waals surface area contributed by atoms with Crippen LogP contribution in [0.3, 0.4) is 0 Å². The molecular weight excluding hydrogens is 228 g/mol. The maximum atomic E-state index is 8.35. The third kappa shape index (κ3) is 4.88. The number of hydrogen-bond acceptors (Lipinski definition) is 4. The molecule has 0 aliphatic carbocycles. The lowest BCUT2D eigenvalue weighted by atomic mass is 9.90. The zero-order chi connectivity index (χ0) is 14.9. The van der Waals surface area contributed by atoms with Crippen molar-refractivity contribution in [3.63, 3.8) is 0 Å². The van der Waals surface area contributed by atoms with Crippen molar-refractivity contribution in [3.8, 4) is 0 Å². The predicted octanol–water partition coefficient (Wildman–Crippen LogP) is 3.59. The van der Waals surface area contributed by atoms with Crippen LogP contribution in [0, 0.1) is 52.4 Å². The van der Waals surface area contributed by atoms with Gasteiger partial charge in [0, 0.05) is 1.43 Å². The fraction of sp³-hybridized carbons (Fsp3) is 0.429. The SMILES string of the molecule is Cc1c(C)c(C)c(C)c(C)c1C.N=C=O.N=C=O.[HH]. The van der Waals surface area contributed by atoms with E-state index in [1.807, 2.05) is 0 Å². The van der Waals surface area contributed by atoms with E-state index in [1.165, 1.54) is 33.4 Å². The number of isocyanates is 2. The van der Waals surface area contributed by atoms with Gasteiger partial charge in [0.2, 0.25) is 12.2 Å². The van der Waals surface area contributed by atoms with Crippen LogP contribution in [-0.2, 0) is 9.59 Å². The molecule has 0 atom stereocenters. The number of benzene rings is 1. The third-order valence-electron chi connectivity index (χ3n) is 3.38. The molecule has 0 bridgehead atoms. The number of rotatable bonds is 0. The Hall–Kier alpha value is -2.02. The predicted molar refractivity (Wildman–Crippen MR) is 73.8 cm³/mol. The van der Waals surface area contributed by atoms with Crippen LogP contribution in [0.15, 0.2) is 0 Å². The number of nitrogens with one attached hydrogen (secondary N) is 2. The van der Waals surface area contributed by atoms with Crippen LogP contribution < -0.4 is 0 Å². The summed E-state index contributed by atoms with van der Waals surface area (Å²) in [5.41, 5.74) is 8.73. The first-order chi connectivity index (χ1) is 8.29. The van der Waals surface area contributed by atoms with E-state index in [0.717, 1.165) is 12.2 Å². The summed E-state index contributed by atoms with van der Waals surface area (Å²) < 4.78 is 0. The quantitative estimate of drug-likeness (QED) is 0.545. The summed E-state index contributed by atoms with van der Waals surface area (Å²) in [5.74, 6) is 0. The second kappa shape index (κ2) is 9.06. The Bertz CT molecular complexity index is 368. The Labute approximate surface area is 110 Å². The molecule has 0 aromatic heterocycles. The highest BCUT2D eigenvalue weighted by atomic mass is 16.1. The lowest BCUT2D eigenvalue weighted by Crippen LogP contribution is -1.98. The van der Waals surface area contributed by atoms with Crippen molar-refractivity contribution in [3.05, 3.63) is 33.4 Å². The topological polar surface area (TPSA) is 81.8 Å². The average Bonchev–Trinajstić information content (AvgIpc) is 2.34. The average molecular weight is 250 g/mol. The lowest BCUT2D eigenvalue weighted by molar-refractivity contribution is 0.562. The van der Waals surface area contributed by atoms with Gasteiger partial charge < -0.3 is 0 Å². The minimum atomic E-state index is 0. The van der Waals surface area contributed by atoms with Crippen LogP contribution in [0.4, 0.5) is 0 Å². The Kier molecular flexibility index (Phi) is 9.23. The molecule has 0 aliphatic heterocycles. The van der Waals surface area contributed by atoms with E-state index in [9.17, 15) is 0 Å². The van der Waals surface area contributed by atoms with Crippen molar-refractivity contribution in [1.29, 1.82) is 10.8 Å². The molecule has 2 N–H and O–H groups in total. The standard InChI is InChI=1S/C12H18.2CHNO.H2/c1-7-8(2)10(4)12(6)11(5)9(7)3;2*2-1-3;/h1-6H3;2*2H;1H. The largest absolute Gasteiger partial charge is 0.231 e. The van der Waals surface area contributed by atoms with Gasteiger partial charge in [-0.2, -0.15) is 0 Å². The zero-order valence-electron chi connectivity index (χ0n) is 11.8. The van der Waals surface area contributed by atoms with Crippen molar-refractivity contribution >= 4 is 12.2 Å². The van der Waals surface area contributed by atoms with E-state index in [-0.39, 0.29) is 1.43 Å². The molecule has 0 amide bonds. The summed E-state index contributed by atoms with van der Waals surface area (Å²) in [6, 6.07) is 0. The minimum absolute atomic E-state index is 0. The minimum Gasteiger partial charge on any atom is -0.222 e. The van der Waals surface area contributed by atoms with Gasteiger partial charge in [-0.05, 0) is 74.9 Å². The molecule has 4 nitrogen and oxygen atoms in total. The fourth-order valence-corrected chi connectivity index (χ4v) is 1.69. The van der Waals surface area contributed by atoms with Crippen molar-refractivity contribution in [2.45, 2.75) is 41.5 Å². The molecule has 0 aliphatic rings. The Morgan fingerprint density at radius 3 is 0.722 bits per heavy atom. The molecule has 100 valence electrons. The number of hydrogen-bond donors (Lipinski definition) is 2. The molecule has 0 saturated heterocycles. The lowest BCUT2D eigenvalue weighted by Gasteiger charge is -2.15. The van der Waals surface area contributed by atoms with Crippen LogP contribution in [0.1, 0.15) is 34.8 Å². The molecule has 1 aromatic rings. The van der Waals surface area contributed by atoms with Gasteiger partial charge in [-0.1, -0.05) is 0 Å². The highest BCUT2D eigenvalue weighted by Gasteiger charge is 2.07. The molecular formula is C14H22N2O2. The van der Waals surface area contributed by atoms with Gasteiger partial charge in [0.15, 0.2) is 0 Å². The van der Waals surface area contributed by atoms with E-state index in [0.29, 0.717) is 0 Å². The van der Waals surface area contributed by atoms with E-state index >= 15 is 0 Å². The van der Waals surface area contributed by atoms with Crippen molar-refractivity contribution < 1.29 is 11.0 Å². The summed E-state index contributed by atoms with van der Waals surface area (Å²) in [7, 11) is 0. The maximum absolute atomic E-state index is 8.35. The van der Waals surface area contributed by atoms with Crippen LogP contribution in [0.5, 0.6) is 0 Å². The molecule has 0 fully saturated rings. The third-order valence-corrected chi connectivity index (χ3v) is 3.38.